The van der Waals surface area contributed by atoms with Crippen molar-refractivity contribution in [2.24, 2.45) is 0 Å². The molecule has 0 spiro atoms. The Kier molecular flexibility index (Phi) is 8.40. The topological polar surface area (TPSA) is 87.6 Å². The number of methoxy groups -OCH3 is 3. The van der Waals surface area contributed by atoms with Crippen molar-refractivity contribution in [2.75, 3.05) is 21.3 Å². The highest BCUT2D eigenvalue weighted by Gasteiger charge is 2.12. The molecule has 0 radical (unpaired) electrons. The summed E-state index contributed by atoms with van der Waals surface area (Å²) in [6.45, 7) is 0. The number of halogens is 3. The fourth-order valence-corrected chi connectivity index (χ4v) is 2.12. The first kappa shape index (κ1) is 21.0. The summed E-state index contributed by atoms with van der Waals surface area (Å²) in [5, 5.41) is 0.744. The second-order valence-corrected chi connectivity index (χ2v) is 5.38. The molecular formula is C15H13Cl3N2O5. The van der Waals surface area contributed by atoms with Crippen LogP contribution in [-0.4, -0.2) is 43.2 Å². The first-order valence-corrected chi connectivity index (χ1v) is 7.64. The van der Waals surface area contributed by atoms with Crippen molar-refractivity contribution in [1.82, 2.24) is 9.97 Å². The van der Waals surface area contributed by atoms with Crippen LogP contribution in [0.2, 0.25) is 15.2 Å². The molecule has 0 bridgehead atoms. The van der Waals surface area contributed by atoms with Gasteiger partial charge in [0, 0.05) is 18.5 Å². The predicted octanol–water partition coefficient (Wildman–Crippen LogP) is 3.71. The van der Waals surface area contributed by atoms with E-state index in [-0.39, 0.29) is 26.3 Å². The smallest absolute Gasteiger partial charge is 0.340 e. The van der Waals surface area contributed by atoms with E-state index in [2.05, 4.69) is 19.4 Å². The van der Waals surface area contributed by atoms with E-state index < -0.39 is 11.9 Å². The lowest BCUT2D eigenvalue weighted by atomic mass is 10.3. The van der Waals surface area contributed by atoms with Gasteiger partial charge in [0.25, 0.3) is 0 Å². The van der Waals surface area contributed by atoms with Gasteiger partial charge in [0.1, 0.15) is 5.15 Å². The van der Waals surface area contributed by atoms with Gasteiger partial charge in [-0.15, -0.1) is 0 Å². The van der Waals surface area contributed by atoms with Crippen LogP contribution in [0, 0.1) is 0 Å². The van der Waals surface area contributed by atoms with E-state index in [1.165, 1.54) is 45.9 Å². The summed E-state index contributed by atoms with van der Waals surface area (Å²) in [5.74, 6) is -0.679. The summed E-state index contributed by atoms with van der Waals surface area (Å²) >= 11 is 17.0. The molecule has 0 amide bonds. The van der Waals surface area contributed by atoms with Gasteiger partial charge in [0.2, 0.25) is 5.88 Å². The highest BCUT2D eigenvalue weighted by Crippen LogP contribution is 2.20. The minimum atomic E-state index is -0.524. The van der Waals surface area contributed by atoms with Gasteiger partial charge < -0.3 is 14.2 Å². The first-order chi connectivity index (χ1) is 11.8. The highest BCUT2D eigenvalue weighted by atomic mass is 35.5. The molecule has 2 aromatic rings. The molecule has 0 aliphatic carbocycles. The van der Waals surface area contributed by atoms with E-state index in [1.807, 2.05) is 0 Å². The zero-order valence-electron chi connectivity index (χ0n) is 13.4. The minimum absolute atomic E-state index is 0.212. The summed E-state index contributed by atoms with van der Waals surface area (Å²) < 4.78 is 13.8. The van der Waals surface area contributed by atoms with Crippen molar-refractivity contribution in [1.29, 1.82) is 0 Å². The lowest BCUT2D eigenvalue weighted by Gasteiger charge is -2.03. The van der Waals surface area contributed by atoms with E-state index in [9.17, 15) is 9.59 Å². The predicted molar refractivity (Wildman–Crippen MR) is 92.7 cm³/mol. The molecule has 2 heterocycles. The van der Waals surface area contributed by atoms with Crippen molar-refractivity contribution in [3.8, 4) is 5.88 Å². The molecule has 2 rings (SSSR count). The zero-order valence-corrected chi connectivity index (χ0v) is 15.6. The maximum absolute atomic E-state index is 11.0. The molecule has 0 aromatic carbocycles. The second kappa shape index (κ2) is 10.0. The third kappa shape index (κ3) is 6.04. The fraction of sp³-hybridized carbons (Fsp3) is 0.200. The molecule has 25 heavy (non-hydrogen) atoms. The Labute approximate surface area is 158 Å². The molecule has 10 heteroatoms. The number of carbonyl (C=O) groups excluding carboxylic acids is 2. The fourth-order valence-electron chi connectivity index (χ4n) is 1.45. The quantitative estimate of drug-likeness (QED) is 0.566. The number of nitrogens with zero attached hydrogens (tertiary/aromatic N) is 2. The first-order valence-electron chi connectivity index (χ1n) is 6.51. The van der Waals surface area contributed by atoms with Crippen LogP contribution in [0.25, 0.3) is 0 Å². The van der Waals surface area contributed by atoms with Gasteiger partial charge >= 0.3 is 11.9 Å². The maximum atomic E-state index is 11.0. The van der Waals surface area contributed by atoms with Crippen LogP contribution in [-0.2, 0) is 9.47 Å². The third-order valence-corrected chi connectivity index (χ3v) is 3.50. The molecule has 0 N–H and O–H groups in total. The molecule has 2 aromatic heterocycles. The lowest BCUT2D eigenvalue weighted by Crippen LogP contribution is -2.03. The molecule has 0 fully saturated rings. The Balaban J connectivity index is 0.000000251. The van der Waals surface area contributed by atoms with Crippen molar-refractivity contribution in [3.63, 3.8) is 0 Å². The molecule has 0 saturated carbocycles. The largest absolute Gasteiger partial charge is 0.481 e. The molecule has 7 nitrogen and oxygen atoms in total. The molecular weight excluding hydrogens is 395 g/mol. The zero-order chi connectivity index (χ0) is 19.0. The average molecular weight is 408 g/mol. The Hall–Kier alpha value is -2.09. The number of hydrogen-bond donors (Lipinski definition) is 0. The van der Waals surface area contributed by atoms with Crippen LogP contribution in [0.3, 0.4) is 0 Å². The Morgan fingerprint density at radius 2 is 1.32 bits per heavy atom. The van der Waals surface area contributed by atoms with Crippen LogP contribution in [0.15, 0.2) is 24.5 Å². The number of rotatable bonds is 3. The minimum Gasteiger partial charge on any atom is -0.481 e. The summed E-state index contributed by atoms with van der Waals surface area (Å²) in [4.78, 5) is 29.5. The molecule has 0 saturated heterocycles. The van der Waals surface area contributed by atoms with E-state index in [0.717, 1.165) is 0 Å². The van der Waals surface area contributed by atoms with E-state index in [1.54, 1.807) is 0 Å². The van der Waals surface area contributed by atoms with Gasteiger partial charge in [-0.25, -0.2) is 19.6 Å². The van der Waals surface area contributed by atoms with Crippen molar-refractivity contribution in [3.05, 3.63) is 50.9 Å². The van der Waals surface area contributed by atoms with Crippen molar-refractivity contribution >= 4 is 46.7 Å². The number of aromatic nitrogens is 2. The molecule has 0 aliphatic rings. The number of hydrogen-bond acceptors (Lipinski definition) is 7. The van der Waals surface area contributed by atoms with Gasteiger partial charge in [-0.3, -0.25) is 0 Å². The Morgan fingerprint density at radius 3 is 1.72 bits per heavy atom. The summed E-state index contributed by atoms with van der Waals surface area (Å²) in [6.07, 6.45) is 2.59. The van der Waals surface area contributed by atoms with Crippen molar-refractivity contribution < 1.29 is 23.8 Å². The van der Waals surface area contributed by atoms with E-state index >= 15 is 0 Å². The Morgan fingerprint density at radius 1 is 0.840 bits per heavy atom. The normalized spacial score (nSPS) is 9.52. The lowest BCUT2D eigenvalue weighted by molar-refractivity contribution is 0.0591. The van der Waals surface area contributed by atoms with Crippen LogP contribution < -0.4 is 4.74 Å². The van der Waals surface area contributed by atoms with Gasteiger partial charge in [-0.2, -0.15) is 0 Å². The highest BCUT2D eigenvalue weighted by molar-refractivity contribution is 6.36. The molecule has 0 aliphatic heterocycles. The summed E-state index contributed by atoms with van der Waals surface area (Å²) in [5.41, 5.74) is 0.438. The summed E-state index contributed by atoms with van der Waals surface area (Å²) in [6, 6.07) is 2.84. The number of ether oxygens (including phenoxy) is 3. The second-order valence-electron chi connectivity index (χ2n) is 4.18. The molecule has 0 atom stereocenters. The van der Waals surface area contributed by atoms with Gasteiger partial charge in [0.15, 0.2) is 0 Å². The number of pyridine rings is 2. The van der Waals surface area contributed by atoms with Gasteiger partial charge in [-0.05, 0) is 6.07 Å². The van der Waals surface area contributed by atoms with Crippen LogP contribution >= 0.6 is 34.8 Å². The Bertz CT molecular complexity index is 771. The van der Waals surface area contributed by atoms with Crippen molar-refractivity contribution in [2.45, 2.75) is 0 Å². The standard InChI is InChI=1S/C8H8ClNO3.C7H5Cl2NO2/c1-12-7-3-6(9)5(4-10-7)8(11)13-2;1-12-7(11)4-3-10-6(9)2-5(4)8/h3-4H,1-2H3;2-3H,1H3. The average Bonchev–Trinajstić information content (AvgIpc) is 2.60. The van der Waals surface area contributed by atoms with Crippen LogP contribution in [0.4, 0.5) is 0 Å². The maximum Gasteiger partial charge on any atom is 0.340 e. The number of carbonyl (C=O) groups is 2. The van der Waals surface area contributed by atoms with Gasteiger partial charge in [-0.1, -0.05) is 34.8 Å². The molecule has 134 valence electrons. The third-order valence-electron chi connectivity index (χ3n) is 2.67. The SMILES string of the molecule is COC(=O)c1cnc(Cl)cc1Cl.COC(=O)c1cnc(OC)cc1Cl. The molecule has 0 unspecified atom stereocenters. The van der Waals surface area contributed by atoms with Crippen LogP contribution in [0.5, 0.6) is 5.88 Å². The van der Waals surface area contributed by atoms with Crippen LogP contribution in [0.1, 0.15) is 20.7 Å². The van der Waals surface area contributed by atoms with E-state index in [4.69, 9.17) is 39.5 Å². The number of esters is 2. The monoisotopic (exact) mass is 406 g/mol. The summed E-state index contributed by atoms with van der Waals surface area (Å²) in [7, 11) is 4.02. The van der Waals surface area contributed by atoms with E-state index in [0.29, 0.717) is 5.88 Å². The van der Waals surface area contributed by atoms with Gasteiger partial charge in [0.05, 0.1) is 42.5 Å².